The zero-order valence-corrected chi connectivity index (χ0v) is 17.6. The van der Waals surface area contributed by atoms with Gasteiger partial charge in [-0.1, -0.05) is 23.9 Å². The van der Waals surface area contributed by atoms with Crippen molar-refractivity contribution in [2.24, 2.45) is 0 Å². The molecule has 3 aromatic rings. The van der Waals surface area contributed by atoms with E-state index in [1.54, 1.807) is 36.4 Å². The van der Waals surface area contributed by atoms with Gasteiger partial charge in [-0.3, -0.25) is 4.79 Å². The second kappa shape index (κ2) is 9.73. The highest BCUT2D eigenvalue weighted by Crippen LogP contribution is 2.38. The van der Waals surface area contributed by atoms with Gasteiger partial charge in [-0.25, -0.2) is 4.98 Å². The molecule has 1 heterocycles. The minimum atomic E-state index is -0.269. The van der Waals surface area contributed by atoms with Gasteiger partial charge in [0.2, 0.25) is 5.91 Å². The van der Waals surface area contributed by atoms with Gasteiger partial charge in [0.1, 0.15) is 28.4 Å². The van der Waals surface area contributed by atoms with Crippen molar-refractivity contribution in [1.82, 2.24) is 4.98 Å². The first-order chi connectivity index (χ1) is 14.9. The highest BCUT2D eigenvalue weighted by atomic mass is 32.2. The van der Waals surface area contributed by atoms with E-state index in [4.69, 9.17) is 16.2 Å². The number of benzene rings is 2. The summed E-state index contributed by atoms with van der Waals surface area (Å²) in [5, 5.41) is 22.6. The van der Waals surface area contributed by atoms with Gasteiger partial charge in [0.25, 0.3) is 0 Å². The molecule has 0 fully saturated rings. The van der Waals surface area contributed by atoms with E-state index in [-0.39, 0.29) is 39.5 Å². The Balaban J connectivity index is 1.80. The molecule has 1 amide bonds. The predicted molar refractivity (Wildman–Crippen MR) is 122 cm³/mol. The van der Waals surface area contributed by atoms with E-state index in [2.05, 4.69) is 16.4 Å². The minimum absolute atomic E-state index is 0.0116. The normalized spacial score (nSPS) is 10.3. The number of phenols is 1. The zero-order chi connectivity index (χ0) is 22.4. The molecule has 1 aromatic heterocycles. The van der Waals surface area contributed by atoms with Crippen LogP contribution >= 0.6 is 11.8 Å². The number of nitrogens with zero attached hydrogens (tertiary/aromatic N) is 2. The van der Waals surface area contributed by atoms with Crippen molar-refractivity contribution in [2.45, 2.75) is 11.9 Å². The Morgan fingerprint density at radius 1 is 1.26 bits per heavy atom. The van der Waals surface area contributed by atoms with Crippen LogP contribution in [0.2, 0.25) is 0 Å². The lowest BCUT2D eigenvalue weighted by Crippen LogP contribution is -2.14. The molecule has 9 heteroatoms. The molecule has 0 atom stereocenters. The SMILES string of the molecule is CCOc1ccc(NC(=O)CSc2nc(N)c(N)c(-c3cccc(O)c3)c2C#N)cc1. The zero-order valence-electron chi connectivity index (χ0n) is 16.8. The molecular formula is C22H21N5O3S. The topological polar surface area (TPSA) is 147 Å². The number of hydrogen-bond acceptors (Lipinski definition) is 8. The van der Waals surface area contributed by atoms with Crippen molar-refractivity contribution in [3.63, 3.8) is 0 Å². The molecule has 31 heavy (non-hydrogen) atoms. The monoisotopic (exact) mass is 435 g/mol. The van der Waals surface area contributed by atoms with E-state index < -0.39 is 0 Å². The van der Waals surface area contributed by atoms with E-state index in [0.29, 0.717) is 23.4 Å². The summed E-state index contributed by atoms with van der Waals surface area (Å²) in [5.74, 6) is 0.535. The van der Waals surface area contributed by atoms with Crippen molar-refractivity contribution in [1.29, 1.82) is 5.26 Å². The number of nitrogen functional groups attached to an aromatic ring is 2. The number of ether oxygens (including phenoxy) is 1. The number of carbonyl (C=O) groups excluding carboxylic acids is 1. The summed E-state index contributed by atoms with van der Waals surface area (Å²) in [6, 6.07) is 15.5. The molecule has 0 radical (unpaired) electrons. The molecule has 2 aromatic carbocycles. The Labute approximate surface area is 183 Å². The van der Waals surface area contributed by atoms with Gasteiger partial charge >= 0.3 is 0 Å². The maximum atomic E-state index is 12.4. The summed E-state index contributed by atoms with van der Waals surface area (Å²) in [4.78, 5) is 16.6. The van der Waals surface area contributed by atoms with Crippen molar-refractivity contribution >= 4 is 34.9 Å². The third kappa shape index (κ3) is 5.18. The number of rotatable bonds is 7. The fourth-order valence-electron chi connectivity index (χ4n) is 2.90. The van der Waals surface area contributed by atoms with Gasteiger partial charge < -0.3 is 26.6 Å². The Hall–Kier alpha value is -3.90. The molecular weight excluding hydrogens is 414 g/mol. The maximum absolute atomic E-state index is 12.4. The highest BCUT2D eigenvalue weighted by Gasteiger charge is 2.20. The fourth-order valence-corrected chi connectivity index (χ4v) is 3.69. The molecule has 0 unspecified atom stereocenters. The van der Waals surface area contributed by atoms with Crippen LogP contribution in [0.3, 0.4) is 0 Å². The van der Waals surface area contributed by atoms with E-state index in [9.17, 15) is 15.2 Å². The minimum Gasteiger partial charge on any atom is -0.508 e. The van der Waals surface area contributed by atoms with Crippen LogP contribution in [-0.4, -0.2) is 28.4 Å². The van der Waals surface area contributed by atoms with Gasteiger partial charge in [-0.2, -0.15) is 5.26 Å². The smallest absolute Gasteiger partial charge is 0.234 e. The first kappa shape index (κ1) is 21.8. The van der Waals surface area contributed by atoms with Gasteiger partial charge in [0, 0.05) is 11.3 Å². The second-order valence-electron chi connectivity index (χ2n) is 6.42. The predicted octanol–water partition coefficient (Wildman–Crippen LogP) is 3.62. The summed E-state index contributed by atoms with van der Waals surface area (Å²) in [6.45, 7) is 2.46. The number of phenolic OH excluding ortho intramolecular Hbond substituents is 1. The summed E-state index contributed by atoms with van der Waals surface area (Å²) in [7, 11) is 0. The summed E-state index contributed by atoms with van der Waals surface area (Å²) < 4.78 is 5.38. The van der Waals surface area contributed by atoms with E-state index in [1.165, 1.54) is 12.1 Å². The first-order valence-electron chi connectivity index (χ1n) is 9.36. The number of nitriles is 1. The van der Waals surface area contributed by atoms with Crippen molar-refractivity contribution in [2.75, 3.05) is 29.1 Å². The van der Waals surface area contributed by atoms with E-state index in [1.807, 2.05) is 6.92 Å². The average molecular weight is 436 g/mol. The largest absolute Gasteiger partial charge is 0.508 e. The lowest BCUT2D eigenvalue weighted by atomic mass is 10.00. The number of amides is 1. The molecule has 8 nitrogen and oxygen atoms in total. The van der Waals surface area contributed by atoms with Gasteiger partial charge in [-0.15, -0.1) is 0 Å². The molecule has 6 N–H and O–H groups in total. The Morgan fingerprint density at radius 2 is 2.00 bits per heavy atom. The molecule has 0 bridgehead atoms. The van der Waals surface area contributed by atoms with Gasteiger partial charge in [-0.05, 0) is 48.9 Å². The number of nitrogens with two attached hydrogens (primary N) is 2. The van der Waals surface area contributed by atoms with Crippen LogP contribution in [-0.2, 0) is 4.79 Å². The number of nitrogens with one attached hydrogen (secondary N) is 1. The molecule has 0 aliphatic rings. The highest BCUT2D eigenvalue weighted by molar-refractivity contribution is 8.00. The summed E-state index contributed by atoms with van der Waals surface area (Å²) in [5.41, 5.74) is 13.9. The van der Waals surface area contributed by atoms with E-state index in [0.717, 1.165) is 17.5 Å². The molecule has 0 saturated carbocycles. The Kier molecular flexibility index (Phi) is 6.85. The number of thioether (sulfide) groups is 1. The van der Waals surface area contributed by atoms with Crippen LogP contribution in [0.1, 0.15) is 12.5 Å². The fraction of sp³-hybridized carbons (Fsp3) is 0.136. The van der Waals surface area contributed by atoms with Crippen LogP contribution in [0, 0.1) is 11.3 Å². The van der Waals surface area contributed by atoms with Crippen LogP contribution in [0.4, 0.5) is 17.2 Å². The third-order valence-electron chi connectivity index (χ3n) is 4.27. The molecule has 0 aliphatic carbocycles. The Bertz CT molecular complexity index is 1140. The standard InChI is InChI=1S/C22H21N5O3S/c1-2-30-16-8-6-14(7-9-16)26-18(29)12-31-22-17(11-23)19(20(24)21(25)27-22)13-4-3-5-15(28)10-13/h3-10,28H,2,12,24H2,1H3,(H2,25,27)(H,26,29). The van der Waals surface area contributed by atoms with Crippen LogP contribution in [0.25, 0.3) is 11.1 Å². The van der Waals surface area contributed by atoms with Crippen molar-refractivity contribution in [3.8, 4) is 28.7 Å². The average Bonchev–Trinajstić information content (AvgIpc) is 2.75. The Morgan fingerprint density at radius 3 is 2.65 bits per heavy atom. The molecule has 3 rings (SSSR count). The first-order valence-corrected chi connectivity index (χ1v) is 10.4. The lowest BCUT2D eigenvalue weighted by molar-refractivity contribution is -0.113. The van der Waals surface area contributed by atoms with Crippen molar-refractivity contribution in [3.05, 3.63) is 54.1 Å². The number of aromatic hydroxyl groups is 1. The summed E-state index contributed by atoms with van der Waals surface area (Å²) >= 11 is 1.08. The van der Waals surface area contributed by atoms with Gasteiger partial charge in [0.15, 0.2) is 0 Å². The number of aromatic nitrogens is 1. The second-order valence-corrected chi connectivity index (χ2v) is 7.39. The lowest BCUT2D eigenvalue weighted by Gasteiger charge is -2.14. The number of pyridine rings is 1. The van der Waals surface area contributed by atoms with Crippen LogP contribution < -0.4 is 21.5 Å². The molecule has 0 spiro atoms. The maximum Gasteiger partial charge on any atom is 0.234 e. The molecule has 158 valence electrons. The quantitative estimate of drug-likeness (QED) is 0.411. The number of hydrogen-bond donors (Lipinski definition) is 4. The molecule has 0 aliphatic heterocycles. The van der Waals surface area contributed by atoms with Crippen LogP contribution in [0.15, 0.2) is 53.6 Å². The summed E-state index contributed by atoms with van der Waals surface area (Å²) in [6.07, 6.45) is 0. The third-order valence-corrected chi connectivity index (χ3v) is 5.24. The molecule has 0 saturated heterocycles. The number of carbonyl (C=O) groups is 1. The number of anilines is 3. The van der Waals surface area contributed by atoms with Crippen LogP contribution in [0.5, 0.6) is 11.5 Å². The van der Waals surface area contributed by atoms with Crippen molar-refractivity contribution < 1.29 is 14.6 Å². The van der Waals surface area contributed by atoms with E-state index >= 15 is 0 Å². The van der Waals surface area contributed by atoms with Gasteiger partial charge in [0.05, 0.1) is 23.6 Å².